The smallest absolute Gasteiger partial charge is 0.243 e. The van der Waals surface area contributed by atoms with Crippen LogP contribution in [0.25, 0.3) is 0 Å². The van der Waals surface area contributed by atoms with Crippen molar-refractivity contribution in [1.29, 1.82) is 0 Å². The molecule has 0 saturated carbocycles. The molecule has 0 aromatic heterocycles. The van der Waals surface area contributed by atoms with Gasteiger partial charge < -0.3 is 9.84 Å². The predicted molar refractivity (Wildman–Crippen MR) is 84.2 cm³/mol. The fourth-order valence-electron chi connectivity index (χ4n) is 2.25. The van der Waals surface area contributed by atoms with Gasteiger partial charge in [0.15, 0.2) is 0 Å². The van der Waals surface area contributed by atoms with E-state index in [1.54, 1.807) is 23.9 Å². The molecule has 0 spiro atoms. The van der Waals surface area contributed by atoms with Crippen molar-refractivity contribution in [3.63, 3.8) is 0 Å². The molecular formula is C14H21NO4S2. The van der Waals surface area contributed by atoms with Crippen LogP contribution in [0.5, 0.6) is 5.75 Å². The molecule has 1 N–H and O–H groups in total. The van der Waals surface area contributed by atoms with Crippen LogP contribution in [0.15, 0.2) is 23.1 Å². The molecule has 1 fully saturated rings. The summed E-state index contributed by atoms with van der Waals surface area (Å²) in [7, 11) is -3.50. The van der Waals surface area contributed by atoms with Gasteiger partial charge in [0.05, 0.1) is 18.1 Å². The molecule has 7 heteroatoms. The molecule has 0 bridgehead atoms. The molecule has 21 heavy (non-hydrogen) atoms. The molecule has 1 aromatic carbocycles. The summed E-state index contributed by atoms with van der Waals surface area (Å²) in [5.41, 5.74) is 0.502. The first kappa shape index (κ1) is 16.6. The molecule has 0 atom stereocenters. The Bertz CT molecular complexity index is 566. The van der Waals surface area contributed by atoms with Crippen LogP contribution in [0.4, 0.5) is 0 Å². The normalized spacial score (nSPS) is 17.4. The average molecular weight is 331 g/mol. The molecule has 0 radical (unpaired) electrons. The molecule has 0 amide bonds. The largest absolute Gasteiger partial charge is 0.494 e. The minimum atomic E-state index is -3.50. The molecule has 0 unspecified atom stereocenters. The Morgan fingerprint density at radius 3 is 2.86 bits per heavy atom. The Labute approximate surface area is 130 Å². The van der Waals surface area contributed by atoms with Crippen molar-refractivity contribution >= 4 is 21.8 Å². The highest BCUT2D eigenvalue weighted by molar-refractivity contribution is 7.99. The van der Waals surface area contributed by atoms with Crippen LogP contribution in [0, 0.1) is 0 Å². The first-order valence-electron chi connectivity index (χ1n) is 7.04. The Kier molecular flexibility index (Phi) is 5.92. The Morgan fingerprint density at radius 2 is 2.14 bits per heavy atom. The van der Waals surface area contributed by atoms with Crippen molar-refractivity contribution in [2.24, 2.45) is 0 Å². The Morgan fingerprint density at radius 1 is 1.33 bits per heavy atom. The van der Waals surface area contributed by atoms with Crippen molar-refractivity contribution in [1.82, 2.24) is 4.31 Å². The van der Waals surface area contributed by atoms with Gasteiger partial charge in [-0.3, -0.25) is 0 Å². The van der Waals surface area contributed by atoms with Crippen molar-refractivity contribution in [3.8, 4) is 5.75 Å². The van der Waals surface area contributed by atoms with Crippen LogP contribution in [0.1, 0.15) is 18.9 Å². The van der Waals surface area contributed by atoms with Crippen LogP contribution in [-0.2, 0) is 16.6 Å². The molecule has 0 aliphatic carbocycles. The minimum absolute atomic E-state index is 0.224. The first-order chi connectivity index (χ1) is 10.1. The number of hydrogen-bond acceptors (Lipinski definition) is 5. The van der Waals surface area contributed by atoms with Gasteiger partial charge in [-0.05, 0) is 37.3 Å². The number of thioether (sulfide) groups is 1. The maximum Gasteiger partial charge on any atom is 0.243 e. The fourth-order valence-corrected chi connectivity index (χ4v) is 4.78. The van der Waals surface area contributed by atoms with Crippen molar-refractivity contribution < 1.29 is 18.3 Å². The topological polar surface area (TPSA) is 66.8 Å². The molecule has 118 valence electrons. The van der Waals surface area contributed by atoms with Gasteiger partial charge in [0.1, 0.15) is 5.75 Å². The van der Waals surface area contributed by atoms with Gasteiger partial charge in [0.2, 0.25) is 10.0 Å². The zero-order valence-electron chi connectivity index (χ0n) is 12.1. The quantitative estimate of drug-likeness (QED) is 0.889. The molecule has 1 aromatic rings. The third-order valence-corrected chi connectivity index (χ3v) is 6.26. The lowest BCUT2D eigenvalue weighted by Gasteiger charge is -2.20. The number of sulfonamides is 1. The van der Waals surface area contributed by atoms with Crippen LogP contribution >= 0.6 is 11.8 Å². The molecule has 1 aliphatic rings. The molecular weight excluding hydrogens is 310 g/mol. The summed E-state index contributed by atoms with van der Waals surface area (Å²) in [5.74, 6) is 2.35. The number of aliphatic hydroxyl groups is 1. The maximum absolute atomic E-state index is 12.7. The number of benzene rings is 1. The highest BCUT2D eigenvalue weighted by atomic mass is 32.2. The van der Waals surface area contributed by atoms with Crippen LogP contribution < -0.4 is 4.74 Å². The summed E-state index contributed by atoms with van der Waals surface area (Å²) in [6.07, 6.45) is 0.869. The van der Waals surface area contributed by atoms with E-state index >= 15 is 0 Å². The number of hydrogen-bond donors (Lipinski definition) is 1. The highest BCUT2D eigenvalue weighted by Crippen LogP contribution is 2.26. The van der Waals surface area contributed by atoms with E-state index in [1.807, 2.05) is 6.92 Å². The van der Waals surface area contributed by atoms with Crippen LogP contribution in [0.2, 0.25) is 0 Å². The van der Waals surface area contributed by atoms with E-state index < -0.39 is 10.0 Å². The third-order valence-electron chi connectivity index (χ3n) is 3.32. The van der Waals surface area contributed by atoms with E-state index in [1.165, 1.54) is 10.4 Å². The third kappa shape index (κ3) is 3.91. The lowest BCUT2D eigenvalue weighted by atomic mass is 10.2. The van der Waals surface area contributed by atoms with Gasteiger partial charge in [-0.15, -0.1) is 0 Å². The second kappa shape index (κ2) is 7.49. The van der Waals surface area contributed by atoms with Gasteiger partial charge in [-0.2, -0.15) is 16.1 Å². The van der Waals surface area contributed by atoms with Gasteiger partial charge in [-0.1, -0.05) is 0 Å². The second-order valence-electron chi connectivity index (χ2n) is 4.73. The van der Waals surface area contributed by atoms with Gasteiger partial charge in [-0.25, -0.2) is 8.42 Å². The average Bonchev–Trinajstić information content (AvgIpc) is 2.77. The number of aliphatic hydroxyl groups excluding tert-OH is 1. The Hall–Kier alpha value is -0.760. The van der Waals surface area contributed by atoms with Crippen molar-refractivity contribution in [2.45, 2.75) is 24.8 Å². The number of ether oxygens (including phenoxy) is 1. The van der Waals surface area contributed by atoms with E-state index in [9.17, 15) is 13.5 Å². The van der Waals surface area contributed by atoms with Gasteiger partial charge in [0, 0.05) is 24.4 Å². The van der Waals surface area contributed by atoms with Crippen molar-refractivity contribution in [3.05, 3.63) is 23.8 Å². The zero-order valence-corrected chi connectivity index (χ0v) is 13.8. The predicted octanol–water partition coefficient (Wildman–Crippen LogP) is 1.71. The van der Waals surface area contributed by atoms with Gasteiger partial charge in [0.25, 0.3) is 0 Å². The summed E-state index contributed by atoms with van der Waals surface area (Å²) in [6.45, 7) is 3.17. The maximum atomic E-state index is 12.7. The lowest BCUT2D eigenvalue weighted by molar-refractivity contribution is 0.266. The van der Waals surface area contributed by atoms with E-state index in [4.69, 9.17) is 4.74 Å². The Balaban J connectivity index is 2.30. The summed E-state index contributed by atoms with van der Waals surface area (Å²) >= 11 is 1.78. The monoisotopic (exact) mass is 331 g/mol. The molecule has 1 aliphatic heterocycles. The fraction of sp³-hybridized carbons (Fsp3) is 0.571. The highest BCUT2D eigenvalue weighted by Gasteiger charge is 2.26. The van der Waals surface area contributed by atoms with E-state index in [0.717, 1.165) is 17.9 Å². The summed E-state index contributed by atoms with van der Waals surface area (Å²) in [4.78, 5) is 0.224. The van der Waals surface area contributed by atoms with Crippen LogP contribution in [0.3, 0.4) is 0 Å². The molecule has 2 rings (SSSR count). The standard InChI is InChI=1S/C14H21NO4S2/c1-2-19-14-5-4-13(10-12(14)11-16)21(17,18)15-6-3-8-20-9-7-15/h4-5,10,16H,2-3,6-9,11H2,1H3. The zero-order chi connectivity index (χ0) is 15.3. The summed E-state index contributed by atoms with van der Waals surface area (Å²) < 4.78 is 32.3. The molecule has 5 nitrogen and oxygen atoms in total. The van der Waals surface area contributed by atoms with Crippen molar-refractivity contribution in [2.75, 3.05) is 31.2 Å². The van der Waals surface area contributed by atoms with E-state index in [-0.39, 0.29) is 11.5 Å². The minimum Gasteiger partial charge on any atom is -0.494 e. The second-order valence-corrected chi connectivity index (χ2v) is 7.89. The van der Waals surface area contributed by atoms with E-state index in [2.05, 4.69) is 0 Å². The summed E-state index contributed by atoms with van der Waals surface area (Å²) in [5, 5.41) is 9.40. The molecule has 1 heterocycles. The first-order valence-corrected chi connectivity index (χ1v) is 9.63. The SMILES string of the molecule is CCOc1ccc(S(=O)(=O)N2CCCSCC2)cc1CO. The van der Waals surface area contributed by atoms with E-state index in [0.29, 0.717) is 31.0 Å². The van der Waals surface area contributed by atoms with Gasteiger partial charge >= 0.3 is 0 Å². The van der Waals surface area contributed by atoms with Crippen LogP contribution in [-0.4, -0.2) is 49.0 Å². The lowest BCUT2D eigenvalue weighted by Crippen LogP contribution is -2.33. The number of rotatable bonds is 5. The summed E-state index contributed by atoms with van der Waals surface area (Å²) in [6, 6.07) is 4.68. The number of nitrogens with zero attached hydrogens (tertiary/aromatic N) is 1. The molecule has 1 saturated heterocycles.